The SMILES string of the molecule is CCO[C@H]1C[N+]2=C(N)N[C@@H](COC(C)=O)[C@@H]3N=C(N)N[C@@]32C1(O)O. The number of esters is 1. The first-order valence-electron chi connectivity index (χ1n) is 7.71. The molecule has 8 N–H and O–H groups in total. The number of aliphatic imine (C=N–C) groups is 1. The summed E-state index contributed by atoms with van der Waals surface area (Å²) >= 11 is 0. The van der Waals surface area contributed by atoms with Gasteiger partial charge in [0.25, 0.3) is 5.79 Å². The van der Waals surface area contributed by atoms with Crippen LogP contribution < -0.4 is 22.1 Å². The van der Waals surface area contributed by atoms with Gasteiger partial charge in [0, 0.05) is 13.5 Å². The topological polar surface area (TPSA) is 167 Å². The monoisotopic (exact) mass is 343 g/mol. The van der Waals surface area contributed by atoms with Crippen molar-refractivity contribution in [2.75, 3.05) is 19.8 Å². The molecule has 0 unspecified atom stereocenters. The van der Waals surface area contributed by atoms with Gasteiger partial charge >= 0.3 is 11.9 Å². The van der Waals surface area contributed by atoms with E-state index in [-0.39, 0.29) is 25.1 Å². The Balaban J connectivity index is 2.03. The van der Waals surface area contributed by atoms with Crippen molar-refractivity contribution in [1.29, 1.82) is 0 Å². The normalized spacial score (nSPS) is 36.3. The van der Waals surface area contributed by atoms with Gasteiger partial charge in [-0.15, -0.1) is 0 Å². The smallest absolute Gasteiger partial charge is 0.346 e. The van der Waals surface area contributed by atoms with Crippen LogP contribution in [0, 0.1) is 0 Å². The van der Waals surface area contributed by atoms with E-state index >= 15 is 0 Å². The number of guanidine groups is 2. The molecule has 0 radical (unpaired) electrons. The second-order valence-corrected chi connectivity index (χ2v) is 6.07. The standard InChI is InChI=1S/C13H22N6O5/c1-3-23-8-4-19-11(15)16-7(5-24-6(2)20)9-12(19,13(8,21)22)18-10(14)17-9/h7-9,21-22H,3-5H2,1-2H3,(H5,14,15,16,17,18)/p+1/t7-,8-,9-,12-/m0/s1. The maximum atomic E-state index is 11.1. The molecule has 1 fully saturated rings. The second kappa shape index (κ2) is 5.46. The highest BCUT2D eigenvalue weighted by Crippen LogP contribution is 2.42. The number of carbonyl (C=O) groups excluding carboxylic acids is 1. The molecule has 0 aliphatic carbocycles. The first-order chi connectivity index (χ1) is 11.2. The summed E-state index contributed by atoms with van der Waals surface area (Å²) in [4.78, 5) is 15.4. The van der Waals surface area contributed by atoms with Crippen LogP contribution in [0.25, 0.3) is 0 Å². The van der Waals surface area contributed by atoms with Gasteiger partial charge in [-0.05, 0) is 6.92 Å². The predicted octanol–water partition coefficient (Wildman–Crippen LogP) is -4.07. The van der Waals surface area contributed by atoms with E-state index in [1.165, 1.54) is 6.92 Å². The van der Waals surface area contributed by atoms with E-state index in [0.717, 1.165) is 0 Å². The van der Waals surface area contributed by atoms with Gasteiger partial charge in [0.15, 0.2) is 12.0 Å². The summed E-state index contributed by atoms with van der Waals surface area (Å²) in [6.45, 7) is 3.41. The molecule has 134 valence electrons. The van der Waals surface area contributed by atoms with Gasteiger partial charge in [0.05, 0.1) is 0 Å². The molecule has 0 saturated carbocycles. The minimum absolute atomic E-state index is 0.0407. The molecule has 3 heterocycles. The fraction of sp³-hybridized carbons (Fsp3) is 0.769. The number of nitrogens with two attached hydrogens (primary N) is 2. The average molecular weight is 343 g/mol. The van der Waals surface area contributed by atoms with Gasteiger partial charge in [-0.2, -0.15) is 0 Å². The van der Waals surface area contributed by atoms with Crippen molar-refractivity contribution < 1.29 is 29.1 Å². The highest BCUT2D eigenvalue weighted by atomic mass is 16.6. The molecule has 0 aromatic rings. The molecule has 0 bridgehead atoms. The molecular formula is C13H23N6O5+. The minimum Gasteiger partial charge on any atom is -0.462 e. The van der Waals surface area contributed by atoms with E-state index in [1.807, 2.05) is 0 Å². The van der Waals surface area contributed by atoms with Gasteiger partial charge < -0.3 is 30.7 Å². The van der Waals surface area contributed by atoms with Gasteiger partial charge in [0.2, 0.25) is 5.66 Å². The highest BCUT2D eigenvalue weighted by molar-refractivity contribution is 5.83. The van der Waals surface area contributed by atoms with E-state index < -0.39 is 35.6 Å². The first-order valence-corrected chi connectivity index (χ1v) is 7.71. The molecule has 4 atom stereocenters. The van der Waals surface area contributed by atoms with E-state index in [9.17, 15) is 15.0 Å². The maximum Gasteiger partial charge on any atom is 0.346 e. The van der Waals surface area contributed by atoms with E-state index in [1.54, 1.807) is 11.5 Å². The molecule has 1 spiro atoms. The molecule has 0 amide bonds. The fourth-order valence-corrected chi connectivity index (χ4v) is 3.69. The summed E-state index contributed by atoms with van der Waals surface area (Å²) in [7, 11) is 0. The van der Waals surface area contributed by atoms with Crippen LogP contribution >= 0.6 is 0 Å². The lowest BCUT2D eigenvalue weighted by Crippen LogP contribution is -2.78. The average Bonchev–Trinajstić information content (AvgIpc) is 2.95. The van der Waals surface area contributed by atoms with Crippen LogP contribution in [0.2, 0.25) is 0 Å². The molecule has 0 aromatic carbocycles. The maximum absolute atomic E-state index is 11.1. The van der Waals surface area contributed by atoms with Gasteiger partial charge in [-0.3, -0.25) is 15.8 Å². The molecule has 3 rings (SSSR count). The molecule has 3 aliphatic rings. The van der Waals surface area contributed by atoms with Crippen LogP contribution in [0.1, 0.15) is 13.8 Å². The summed E-state index contributed by atoms with van der Waals surface area (Å²) < 4.78 is 12.1. The van der Waals surface area contributed by atoms with Crippen molar-refractivity contribution in [1.82, 2.24) is 10.6 Å². The van der Waals surface area contributed by atoms with Crippen LogP contribution in [0.3, 0.4) is 0 Å². The third kappa shape index (κ3) is 2.12. The van der Waals surface area contributed by atoms with Crippen LogP contribution in [0.5, 0.6) is 0 Å². The Morgan fingerprint density at radius 1 is 1.50 bits per heavy atom. The minimum atomic E-state index is -2.32. The Labute approximate surface area is 138 Å². The molecule has 1 saturated heterocycles. The molecule has 24 heavy (non-hydrogen) atoms. The van der Waals surface area contributed by atoms with Crippen molar-refractivity contribution >= 4 is 17.9 Å². The summed E-state index contributed by atoms with van der Waals surface area (Å²) in [6.07, 6.45) is -0.925. The number of carbonyl (C=O) groups is 1. The van der Waals surface area contributed by atoms with Crippen molar-refractivity contribution in [2.45, 2.75) is 43.5 Å². The zero-order valence-electron chi connectivity index (χ0n) is 13.5. The molecule has 11 heteroatoms. The van der Waals surface area contributed by atoms with Crippen molar-refractivity contribution in [3.63, 3.8) is 0 Å². The second-order valence-electron chi connectivity index (χ2n) is 6.07. The molecule has 3 aliphatic heterocycles. The molecule has 11 nitrogen and oxygen atoms in total. The van der Waals surface area contributed by atoms with Crippen LogP contribution in [0.4, 0.5) is 0 Å². The van der Waals surface area contributed by atoms with Crippen molar-refractivity contribution in [2.24, 2.45) is 16.5 Å². The third-order valence-electron chi connectivity index (χ3n) is 4.65. The number of hydrogen-bond donors (Lipinski definition) is 6. The lowest BCUT2D eigenvalue weighted by Gasteiger charge is -2.43. The first kappa shape index (κ1) is 16.7. The van der Waals surface area contributed by atoms with E-state index in [0.29, 0.717) is 6.61 Å². The van der Waals surface area contributed by atoms with Gasteiger partial charge in [-0.1, -0.05) is 0 Å². The zero-order valence-corrected chi connectivity index (χ0v) is 13.5. The van der Waals surface area contributed by atoms with Crippen molar-refractivity contribution in [3.05, 3.63) is 0 Å². The molecular weight excluding hydrogens is 320 g/mol. The third-order valence-corrected chi connectivity index (χ3v) is 4.65. The summed E-state index contributed by atoms with van der Waals surface area (Å²) in [5, 5.41) is 27.6. The number of nitrogens with one attached hydrogen (secondary N) is 2. The predicted molar refractivity (Wildman–Crippen MR) is 81.7 cm³/mol. The zero-order chi connectivity index (χ0) is 17.7. The number of ether oxygens (including phenoxy) is 2. The number of nitrogens with zero attached hydrogens (tertiary/aromatic N) is 2. The van der Waals surface area contributed by atoms with Crippen LogP contribution in [-0.2, 0) is 14.3 Å². The van der Waals surface area contributed by atoms with Gasteiger partial charge in [0.1, 0.15) is 25.3 Å². The van der Waals surface area contributed by atoms with E-state index in [2.05, 4.69) is 15.6 Å². The van der Waals surface area contributed by atoms with E-state index in [4.69, 9.17) is 20.9 Å². The lowest BCUT2D eigenvalue weighted by atomic mass is 9.86. The summed E-state index contributed by atoms with van der Waals surface area (Å²) in [5.74, 6) is -2.55. The summed E-state index contributed by atoms with van der Waals surface area (Å²) in [5.41, 5.74) is 10.4. The lowest BCUT2D eigenvalue weighted by molar-refractivity contribution is -0.623. The Kier molecular flexibility index (Phi) is 3.81. The number of rotatable bonds is 4. The number of hydrogen-bond acceptors (Lipinski definition) is 10. The van der Waals surface area contributed by atoms with Crippen LogP contribution in [-0.4, -0.2) is 82.1 Å². The fourth-order valence-electron chi connectivity index (χ4n) is 3.69. The Bertz CT molecular complexity index is 620. The Morgan fingerprint density at radius 2 is 2.21 bits per heavy atom. The quantitative estimate of drug-likeness (QED) is 0.169. The highest BCUT2D eigenvalue weighted by Gasteiger charge is 2.75. The van der Waals surface area contributed by atoms with Crippen molar-refractivity contribution in [3.8, 4) is 0 Å². The Hall–Kier alpha value is -2.11. The van der Waals surface area contributed by atoms with Gasteiger partial charge in [-0.25, -0.2) is 9.57 Å². The number of aliphatic hydroxyl groups is 2. The summed E-state index contributed by atoms with van der Waals surface area (Å²) in [6, 6.07) is -1.35. The Morgan fingerprint density at radius 3 is 2.83 bits per heavy atom. The largest absolute Gasteiger partial charge is 0.462 e. The van der Waals surface area contributed by atoms with Crippen LogP contribution in [0.15, 0.2) is 4.99 Å². The molecule has 0 aromatic heterocycles.